The van der Waals surface area contributed by atoms with Crippen LogP contribution < -0.4 is 0 Å². The van der Waals surface area contributed by atoms with E-state index in [0.717, 1.165) is 74.7 Å². The summed E-state index contributed by atoms with van der Waals surface area (Å²) in [5.41, 5.74) is 1.41. The lowest BCUT2D eigenvalue weighted by Gasteiger charge is -2.58. The molecular formula is C44H59ClO6. The minimum absolute atomic E-state index is 0.0490. The van der Waals surface area contributed by atoms with Crippen molar-refractivity contribution in [2.24, 2.45) is 63.1 Å². The van der Waals surface area contributed by atoms with Crippen LogP contribution in [0.4, 0.5) is 0 Å². The summed E-state index contributed by atoms with van der Waals surface area (Å²) in [6.07, 6.45) is 19.4. The van der Waals surface area contributed by atoms with E-state index in [4.69, 9.17) is 16.3 Å². The van der Waals surface area contributed by atoms with Crippen LogP contribution in [-0.4, -0.2) is 34.7 Å². The van der Waals surface area contributed by atoms with Gasteiger partial charge in [-0.2, -0.15) is 0 Å². The molecule has 0 bridgehead atoms. The molecule has 0 aromatic heterocycles. The van der Waals surface area contributed by atoms with Crippen LogP contribution in [0.15, 0.2) is 34.4 Å². The number of allylic oxidation sites excluding steroid dienone is 5. The van der Waals surface area contributed by atoms with Crippen molar-refractivity contribution in [3.63, 3.8) is 0 Å². The lowest BCUT2D eigenvalue weighted by atomic mass is 9.47. The molecule has 0 N–H and O–H groups in total. The number of hydrogen-bond donors (Lipinski definition) is 0. The largest absolute Gasteiger partial charge is 0.451 e. The van der Waals surface area contributed by atoms with Crippen molar-refractivity contribution >= 4 is 40.7 Å². The number of carbonyl (C=O) groups excluding carboxylic acids is 5. The second-order valence-electron chi connectivity index (χ2n) is 19.0. The highest BCUT2D eigenvalue weighted by Crippen LogP contribution is 2.69. The van der Waals surface area contributed by atoms with Crippen molar-refractivity contribution in [3.8, 4) is 0 Å². The summed E-state index contributed by atoms with van der Waals surface area (Å²) in [7, 11) is 0. The van der Waals surface area contributed by atoms with Crippen molar-refractivity contribution in [1.82, 2.24) is 0 Å². The van der Waals surface area contributed by atoms with E-state index in [2.05, 4.69) is 33.8 Å². The van der Waals surface area contributed by atoms with E-state index in [1.165, 1.54) is 38.2 Å². The summed E-state index contributed by atoms with van der Waals surface area (Å²) >= 11 is 6.71. The quantitative estimate of drug-likeness (QED) is 0.270. The van der Waals surface area contributed by atoms with Crippen molar-refractivity contribution in [2.45, 2.75) is 144 Å². The summed E-state index contributed by atoms with van der Waals surface area (Å²) in [5, 5.41) is 0.689. The van der Waals surface area contributed by atoms with E-state index in [1.807, 2.05) is 6.08 Å². The molecule has 51 heavy (non-hydrogen) atoms. The van der Waals surface area contributed by atoms with Crippen LogP contribution in [0, 0.1) is 63.1 Å². The Morgan fingerprint density at radius 3 is 2.02 bits per heavy atom. The molecule has 12 atom stereocenters. The standard InChI is InChI=1S/C23H29ClO4.C21H30O2/c1-13(25)23(28-14(2)26)10-7-18-16-12-20(24)19-11-15(27)5-8-21(19,3)17(16)6-9-22(18,23)4;1-13(22)17-6-7-18-16-5-4-14-12-15(23)8-10-20(14,2)19(16)9-11-21(17,18)3/h11-12,16-18H,5-10H2,1-4H3;12,16-19H,4-11H2,1-3H3/t16-,17+,18+,21-,22+,23+;16-,17+,18-,19-,20-,21+/m10/s1. The third-order valence-electron chi connectivity index (χ3n) is 17.0. The number of esters is 1. The van der Waals surface area contributed by atoms with Gasteiger partial charge in [0.2, 0.25) is 0 Å². The zero-order valence-corrected chi connectivity index (χ0v) is 32.8. The third kappa shape index (κ3) is 5.40. The lowest BCUT2D eigenvalue weighted by Crippen LogP contribution is -2.58. The molecular weight excluding hydrogens is 660 g/mol. The number of Topliss-reactive ketones (excluding diaryl/α,β-unsaturated/α-hetero) is 2. The third-order valence-corrected chi connectivity index (χ3v) is 17.3. The Hall–Kier alpha value is -2.34. The molecule has 5 saturated carbocycles. The molecule has 8 aliphatic rings. The molecule has 8 rings (SSSR count). The molecule has 0 spiro atoms. The first-order chi connectivity index (χ1) is 23.9. The molecule has 0 saturated heterocycles. The molecule has 0 aromatic rings. The van der Waals surface area contributed by atoms with E-state index < -0.39 is 5.60 Å². The molecule has 0 heterocycles. The Morgan fingerprint density at radius 1 is 0.706 bits per heavy atom. The van der Waals surface area contributed by atoms with Gasteiger partial charge in [-0.3, -0.25) is 24.0 Å². The fourth-order valence-electron chi connectivity index (χ4n) is 14.4. The topological polar surface area (TPSA) is 94.6 Å². The molecule has 5 fully saturated rings. The van der Waals surface area contributed by atoms with Crippen molar-refractivity contribution < 1.29 is 28.7 Å². The van der Waals surface area contributed by atoms with Gasteiger partial charge in [-0.1, -0.05) is 50.9 Å². The predicted molar refractivity (Wildman–Crippen MR) is 197 cm³/mol. The number of fused-ring (bicyclic) bond motifs is 10. The number of ketones is 4. The SMILES string of the molecule is CC(=O)O[C@]1(C(C)=O)CC[C@H]2[C@@H]3C=C(Cl)C4=CC(=O)CC[C@]4(C)[C@H]3CC[C@@]21C.CC(=O)[C@H]1CC[C@H]2[C@@H]3CCC4=CC(=O)CC[C@]4(C)[C@H]3CC[C@]12C. The van der Waals surface area contributed by atoms with Gasteiger partial charge in [0, 0.05) is 36.1 Å². The van der Waals surface area contributed by atoms with Crippen LogP contribution in [0.3, 0.4) is 0 Å². The number of ether oxygens (including phenoxy) is 1. The fraction of sp³-hybridized carbons (Fsp3) is 0.750. The summed E-state index contributed by atoms with van der Waals surface area (Å²) in [5.74, 6) is 3.87. The maximum absolute atomic E-state index is 12.7. The van der Waals surface area contributed by atoms with E-state index >= 15 is 0 Å². The second-order valence-corrected chi connectivity index (χ2v) is 19.4. The minimum atomic E-state index is -1.03. The Labute approximate surface area is 310 Å². The van der Waals surface area contributed by atoms with Gasteiger partial charge in [0.25, 0.3) is 0 Å². The number of rotatable bonds is 3. The smallest absolute Gasteiger partial charge is 0.303 e. The van der Waals surface area contributed by atoms with E-state index in [9.17, 15) is 24.0 Å². The first-order valence-corrected chi connectivity index (χ1v) is 20.4. The molecule has 7 heteroatoms. The van der Waals surface area contributed by atoms with Gasteiger partial charge in [-0.05, 0) is 160 Å². The normalized spacial score (nSPS) is 46.6. The average molecular weight is 719 g/mol. The number of hydrogen-bond acceptors (Lipinski definition) is 6. The highest BCUT2D eigenvalue weighted by molar-refractivity contribution is 6.32. The molecule has 8 aliphatic carbocycles. The Bertz CT molecular complexity index is 1650. The van der Waals surface area contributed by atoms with Gasteiger partial charge < -0.3 is 4.74 Å². The monoisotopic (exact) mass is 718 g/mol. The van der Waals surface area contributed by atoms with Gasteiger partial charge in [0.15, 0.2) is 23.0 Å². The first kappa shape index (κ1) is 37.0. The molecule has 0 unspecified atom stereocenters. The number of carbonyl (C=O) groups is 5. The van der Waals surface area contributed by atoms with Crippen LogP contribution in [-0.2, 0) is 28.7 Å². The Balaban J connectivity index is 0.000000162. The summed E-state index contributed by atoms with van der Waals surface area (Å²) in [6, 6.07) is 0. The van der Waals surface area contributed by atoms with Gasteiger partial charge >= 0.3 is 5.97 Å². The molecule has 278 valence electrons. The summed E-state index contributed by atoms with van der Waals surface area (Å²) < 4.78 is 5.79. The van der Waals surface area contributed by atoms with E-state index in [1.54, 1.807) is 19.9 Å². The van der Waals surface area contributed by atoms with Gasteiger partial charge in [-0.25, -0.2) is 0 Å². The highest BCUT2D eigenvalue weighted by Gasteiger charge is 2.68. The Kier molecular flexibility index (Phi) is 9.16. The minimum Gasteiger partial charge on any atom is -0.451 e. The van der Waals surface area contributed by atoms with Crippen molar-refractivity contribution in [1.29, 1.82) is 0 Å². The van der Waals surface area contributed by atoms with Gasteiger partial charge in [0.1, 0.15) is 5.78 Å². The van der Waals surface area contributed by atoms with Gasteiger partial charge in [-0.15, -0.1) is 0 Å². The predicted octanol–water partition coefficient (Wildman–Crippen LogP) is 9.48. The highest BCUT2D eigenvalue weighted by atomic mass is 35.5. The van der Waals surface area contributed by atoms with Crippen LogP contribution in [0.2, 0.25) is 0 Å². The number of halogens is 1. The average Bonchev–Trinajstić information content (AvgIpc) is 3.57. The first-order valence-electron chi connectivity index (χ1n) is 20.0. The molecule has 6 nitrogen and oxygen atoms in total. The van der Waals surface area contributed by atoms with Crippen molar-refractivity contribution in [3.05, 3.63) is 34.4 Å². The van der Waals surface area contributed by atoms with Crippen LogP contribution in [0.1, 0.15) is 138 Å². The molecule has 0 amide bonds. The van der Waals surface area contributed by atoms with Crippen LogP contribution >= 0.6 is 11.6 Å². The molecule has 0 radical (unpaired) electrons. The Morgan fingerprint density at radius 2 is 1.35 bits per heavy atom. The van der Waals surface area contributed by atoms with E-state index in [-0.39, 0.29) is 51.0 Å². The van der Waals surface area contributed by atoms with Crippen LogP contribution in [0.25, 0.3) is 0 Å². The maximum atomic E-state index is 12.7. The maximum Gasteiger partial charge on any atom is 0.303 e. The summed E-state index contributed by atoms with van der Waals surface area (Å²) in [4.78, 5) is 60.7. The zero-order chi connectivity index (χ0) is 36.9. The fourth-order valence-corrected chi connectivity index (χ4v) is 14.8. The zero-order valence-electron chi connectivity index (χ0n) is 32.0. The molecule has 0 aromatic carbocycles. The second kappa shape index (κ2) is 12.6. The van der Waals surface area contributed by atoms with E-state index in [0.29, 0.717) is 41.3 Å². The molecule has 0 aliphatic heterocycles. The van der Waals surface area contributed by atoms with Crippen molar-refractivity contribution in [2.75, 3.05) is 0 Å². The van der Waals surface area contributed by atoms with Gasteiger partial charge in [0.05, 0.1) is 0 Å². The lowest BCUT2D eigenvalue weighted by molar-refractivity contribution is -0.185. The van der Waals surface area contributed by atoms with Crippen LogP contribution in [0.5, 0.6) is 0 Å². The summed E-state index contributed by atoms with van der Waals surface area (Å²) in [6.45, 7) is 14.0.